The number of unbranched alkanes of at least 4 members (excludes halogenated alkanes) is 19. The summed E-state index contributed by atoms with van der Waals surface area (Å²) in [5, 5.41) is 0. The predicted octanol–water partition coefficient (Wildman–Crippen LogP) is 8.46. The summed E-state index contributed by atoms with van der Waals surface area (Å²) < 4.78 is 8.70. The Morgan fingerprint density at radius 2 is 0.538 bits per heavy atom. The van der Waals surface area contributed by atoms with E-state index < -0.39 is 8.25 Å². The van der Waals surface area contributed by atoms with Gasteiger partial charge in [0.1, 0.15) is 0 Å². The van der Waals surface area contributed by atoms with Gasteiger partial charge in [-0.25, -0.2) is 0 Å². The van der Waals surface area contributed by atoms with Crippen molar-refractivity contribution in [1.82, 2.24) is 0 Å². The molecule has 0 spiro atoms. The summed E-state index contributed by atoms with van der Waals surface area (Å²) in [5.74, 6) is 0. The molecule has 0 aromatic heterocycles. The minimum atomic E-state index is -2.87. The molecule has 0 fully saturated rings. The summed E-state index contributed by atoms with van der Waals surface area (Å²) >= 11 is 0. The zero-order chi connectivity index (χ0) is 19.7. The highest BCUT2D eigenvalue weighted by Gasteiger charge is 1.95. The van der Waals surface area contributed by atoms with E-state index in [1.807, 2.05) is 0 Å². The second kappa shape index (κ2) is 27.2. The van der Waals surface area contributed by atoms with Crippen molar-refractivity contribution in [3.8, 4) is 0 Å². The van der Waals surface area contributed by atoms with Crippen LogP contribution in [-0.2, 0) is 4.57 Å². The van der Waals surface area contributed by atoms with Gasteiger partial charge >= 0.3 is 8.25 Å². The lowest BCUT2D eigenvalue weighted by atomic mass is 10.0. The number of hydrogen-bond donors (Lipinski definition) is 2. The molecule has 0 saturated carbocycles. The van der Waals surface area contributed by atoms with Crippen LogP contribution in [0.2, 0.25) is 0 Å². The average Bonchev–Trinajstić information content (AvgIpc) is 2.60. The fourth-order valence-corrected chi connectivity index (χ4v) is 3.33. The number of rotatable bonds is 19. The summed E-state index contributed by atoms with van der Waals surface area (Å²) in [6.07, 6.45) is 29.4. The molecule has 26 heavy (non-hydrogen) atoms. The molecule has 0 radical (unpaired) electrons. The van der Waals surface area contributed by atoms with Crippen molar-refractivity contribution < 1.29 is 14.4 Å². The second-order valence-electron chi connectivity index (χ2n) is 7.62. The quantitative estimate of drug-likeness (QED) is 0.171. The van der Waals surface area contributed by atoms with Crippen molar-refractivity contribution in [3.63, 3.8) is 0 Å². The molecule has 0 aromatic rings. The lowest BCUT2D eigenvalue weighted by Crippen LogP contribution is -1.84. The molecule has 158 valence electrons. The maximum atomic E-state index is 8.70. The molecule has 0 aromatic carbocycles. The molecular formula is C22H48O3P+. The van der Waals surface area contributed by atoms with Crippen molar-refractivity contribution in [2.45, 2.75) is 142 Å². The molecule has 0 saturated heterocycles. The first-order chi connectivity index (χ1) is 12.6. The number of hydrogen-bond acceptors (Lipinski definition) is 1. The van der Waals surface area contributed by atoms with Gasteiger partial charge in [0, 0.05) is 4.57 Å². The Bertz CT molecular complexity index is 236. The van der Waals surface area contributed by atoms with Crippen molar-refractivity contribution >= 4 is 8.25 Å². The monoisotopic (exact) mass is 391 g/mol. The molecule has 0 aliphatic rings. The summed E-state index contributed by atoms with van der Waals surface area (Å²) in [6, 6.07) is 0. The first-order valence-electron chi connectivity index (χ1n) is 11.5. The van der Waals surface area contributed by atoms with Crippen LogP contribution in [-0.4, -0.2) is 9.79 Å². The smallest absolute Gasteiger partial charge is 0.134 e. The zero-order valence-corrected chi connectivity index (χ0v) is 18.8. The van der Waals surface area contributed by atoms with Gasteiger partial charge in [-0.05, 0) is 0 Å². The molecule has 0 rings (SSSR count). The first kappa shape index (κ1) is 28.2. The van der Waals surface area contributed by atoms with Gasteiger partial charge in [-0.3, -0.25) is 0 Å². The Hall–Kier alpha value is 0.0200. The molecule has 2 N–H and O–H groups in total. The van der Waals surface area contributed by atoms with Gasteiger partial charge in [0.15, 0.2) is 0 Å². The molecule has 3 nitrogen and oxygen atoms in total. The van der Waals surface area contributed by atoms with Gasteiger partial charge in [-0.15, -0.1) is 9.79 Å². The maximum absolute atomic E-state index is 8.70. The Kier molecular flexibility index (Phi) is 29.6. The largest absolute Gasteiger partial charge is 0.692 e. The highest BCUT2D eigenvalue weighted by molar-refractivity contribution is 7.30. The lowest BCUT2D eigenvalue weighted by Gasteiger charge is -2.03. The molecule has 0 aliphatic heterocycles. The van der Waals surface area contributed by atoms with Crippen LogP contribution in [0, 0.1) is 0 Å². The van der Waals surface area contributed by atoms with E-state index in [1.54, 1.807) is 0 Å². The summed E-state index contributed by atoms with van der Waals surface area (Å²) in [6.45, 7) is 4.60. The average molecular weight is 392 g/mol. The third-order valence-corrected chi connectivity index (χ3v) is 4.96. The summed E-state index contributed by atoms with van der Waals surface area (Å²) in [4.78, 5) is 14.2. The van der Waals surface area contributed by atoms with Crippen molar-refractivity contribution in [1.29, 1.82) is 0 Å². The highest BCUT2D eigenvalue weighted by atomic mass is 31.1. The molecule has 4 heteroatoms. The molecule has 0 unspecified atom stereocenters. The third-order valence-electron chi connectivity index (χ3n) is 4.96. The molecular weight excluding hydrogens is 343 g/mol. The van der Waals surface area contributed by atoms with Gasteiger partial charge in [0.05, 0.1) is 0 Å². The van der Waals surface area contributed by atoms with Crippen LogP contribution in [0.1, 0.15) is 142 Å². The fourth-order valence-electron chi connectivity index (χ4n) is 3.33. The van der Waals surface area contributed by atoms with Crippen molar-refractivity contribution in [2.24, 2.45) is 0 Å². The van der Waals surface area contributed by atoms with E-state index in [9.17, 15) is 0 Å². The lowest BCUT2D eigenvalue weighted by molar-refractivity contribution is 0.405. The maximum Gasteiger partial charge on any atom is 0.692 e. The van der Waals surface area contributed by atoms with Gasteiger partial charge < -0.3 is 0 Å². The molecule has 0 heterocycles. The predicted molar refractivity (Wildman–Crippen MR) is 116 cm³/mol. The van der Waals surface area contributed by atoms with E-state index >= 15 is 0 Å². The van der Waals surface area contributed by atoms with Crippen molar-refractivity contribution in [3.05, 3.63) is 0 Å². The van der Waals surface area contributed by atoms with Crippen LogP contribution < -0.4 is 0 Å². The van der Waals surface area contributed by atoms with E-state index in [4.69, 9.17) is 14.4 Å². The van der Waals surface area contributed by atoms with Crippen molar-refractivity contribution in [2.75, 3.05) is 0 Å². The Labute approximate surface area is 165 Å². The van der Waals surface area contributed by atoms with Crippen LogP contribution >= 0.6 is 8.25 Å². The Morgan fingerprint density at radius 3 is 0.654 bits per heavy atom. The molecule has 0 bridgehead atoms. The second-order valence-corrected chi connectivity index (χ2v) is 8.12. The van der Waals surface area contributed by atoms with Gasteiger partial charge in [-0.1, -0.05) is 142 Å². The van der Waals surface area contributed by atoms with Crippen LogP contribution in [0.3, 0.4) is 0 Å². The summed E-state index contributed by atoms with van der Waals surface area (Å²) in [5.41, 5.74) is 0. The normalized spacial score (nSPS) is 10.5. The first-order valence-corrected chi connectivity index (χ1v) is 12.7. The molecule has 0 atom stereocenters. The summed E-state index contributed by atoms with van der Waals surface area (Å²) in [7, 11) is -2.87. The van der Waals surface area contributed by atoms with Crippen LogP contribution in [0.25, 0.3) is 0 Å². The SMILES string of the molecule is CCCCCCCCCCCCCCCCCCCCCC.O=[P+](O)O. The van der Waals surface area contributed by atoms with Crippen LogP contribution in [0.4, 0.5) is 0 Å². The van der Waals surface area contributed by atoms with E-state index in [0.29, 0.717) is 0 Å². The highest BCUT2D eigenvalue weighted by Crippen LogP contribution is 2.14. The van der Waals surface area contributed by atoms with E-state index in [2.05, 4.69) is 13.8 Å². The van der Waals surface area contributed by atoms with Gasteiger partial charge in [0.25, 0.3) is 0 Å². The van der Waals surface area contributed by atoms with E-state index in [-0.39, 0.29) is 0 Å². The van der Waals surface area contributed by atoms with Gasteiger partial charge in [-0.2, -0.15) is 0 Å². The van der Waals surface area contributed by atoms with Crippen LogP contribution in [0.15, 0.2) is 0 Å². The van der Waals surface area contributed by atoms with E-state index in [0.717, 1.165) is 0 Å². The third kappa shape index (κ3) is 35.2. The minimum absolute atomic E-state index is 1.37. The Morgan fingerprint density at radius 1 is 0.423 bits per heavy atom. The fraction of sp³-hybridized carbons (Fsp3) is 1.00. The topological polar surface area (TPSA) is 57.5 Å². The zero-order valence-electron chi connectivity index (χ0n) is 17.9. The standard InChI is InChI=1S/C22H46.HO3P/c1-3-5-7-9-11-13-15-17-19-21-22-20-18-16-14-12-10-8-6-4-2;1-4(2)3/h3-22H2,1-2H3;(H-,1,2,3)/p+1. The Balaban J connectivity index is 0. The van der Waals surface area contributed by atoms with E-state index in [1.165, 1.54) is 128 Å². The minimum Gasteiger partial charge on any atom is -0.134 e. The molecule has 0 amide bonds. The van der Waals surface area contributed by atoms with Gasteiger partial charge in [0.2, 0.25) is 0 Å². The van der Waals surface area contributed by atoms with Crippen LogP contribution in [0.5, 0.6) is 0 Å². The molecule has 0 aliphatic carbocycles.